The average Bonchev–Trinajstić information content (AvgIpc) is 3.87. The van der Waals surface area contributed by atoms with Gasteiger partial charge in [0.15, 0.2) is 27.5 Å². The number of hydrogen-bond acceptors (Lipinski definition) is 17. The fraction of sp³-hybridized carbons (Fsp3) is 0.444. The molecule has 6 aliphatic rings. The summed E-state index contributed by atoms with van der Waals surface area (Å²) in [5, 5.41) is 10.2. The second-order valence-electron chi connectivity index (χ2n) is 17.3. The Kier molecular flexibility index (Phi) is 16.5. The van der Waals surface area contributed by atoms with E-state index in [9.17, 15) is 59.5 Å². The Hall–Kier alpha value is -5.39. The number of hydrogen-bond donors (Lipinski definition) is 2. The second-order valence-corrected chi connectivity index (χ2v) is 26.5. The topological polar surface area (TPSA) is 254 Å². The van der Waals surface area contributed by atoms with Crippen molar-refractivity contribution in [1.82, 2.24) is 10.2 Å². The van der Waals surface area contributed by atoms with Gasteiger partial charge in [0.1, 0.15) is 17.7 Å². The molecule has 3 aromatic rings. The van der Waals surface area contributed by atoms with Crippen LogP contribution in [0.2, 0.25) is 5.02 Å². The van der Waals surface area contributed by atoms with E-state index in [0.29, 0.717) is 18.9 Å². The molecule has 1 aliphatic carbocycles. The molecule has 0 unspecified atom stereocenters. The van der Waals surface area contributed by atoms with Crippen molar-refractivity contribution in [1.29, 1.82) is 0 Å². The van der Waals surface area contributed by atoms with Gasteiger partial charge in [-0.05, 0) is 49.1 Å². The maximum absolute atomic E-state index is 15.5. The largest absolute Gasteiger partial charge is 0.393 e. The number of aliphatic hydroxyl groups is 1. The maximum Gasteiger partial charge on any atom is 0.254 e. The molecule has 0 aromatic heterocycles. The van der Waals surface area contributed by atoms with Crippen molar-refractivity contribution in [3.63, 3.8) is 0 Å². The first-order valence-corrected chi connectivity index (χ1v) is 28.3. The molecular weight excluding hydrogens is 1130 g/mol. The zero-order valence-corrected chi connectivity index (χ0v) is 42.2. The molecular formula is C45H47ClF5IN2O17S. The van der Waals surface area contributed by atoms with E-state index in [2.05, 4.69) is 14.8 Å². The van der Waals surface area contributed by atoms with Crippen LogP contribution in [0.15, 0.2) is 65.6 Å². The molecule has 27 heteroatoms. The molecule has 9 rings (SSSR count). The van der Waals surface area contributed by atoms with E-state index in [4.69, 9.17) is 33.7 Å². The number of ether oxygens (including phenoxy) is 3. The van der Waals surface area contributed by atoms with Crippen molar-refractivity contribution in [2.24, 2.45) is 5.92 Å². The summed E-state index contributed by atoms with van der Waals surface area (Å²) in [6, 6.07) is 10.00. The van der Waals surface area contributed by atoms with Crippen molar-refractivity contribution in [3.8, 4) is 0 Å². The third-order valence-corrected chi connectivity index (χ3v) is 20.8. The fourth-order valence-electron chi connectivity index (χ4n) is 7.60. The van der Waals surface area contributed by atoms with Gasteiger partial charge in [0.2, 0.25) is 11.6 Å². The van der Waals surface area contributed by atoms with Gasteiger partial charge in [-0.15, -0.1) is 0 Å². The van der Waals surface area contributed by atoms with Gasteiger partial charge >= 0.3 is 128 Å². The molecule has 4 saturated heterocycles. The van der Waals surface area contributed by atoms with Crippen LogP contribution in [0.4, 0.5) is 22.0 Å². The van der Waals surface area contributed by atoms with E-state index < -0.39 is 135 Å². The summed E-state index contributed by atoms with van der Waals surface area (Å²) in [6.07, 6.45) is 2.31. The summed E-state index contributed by atoms with van der Waals surface area (Å²) >= 11 is -0.396. The van der Waals surface area contributed by atoms with Gasteiger partial charge < -0.3 is 29.5 Å². The van der Waals surface area contributed by atoms with Crippen LogP contribution in [-0.4, -0.2) is 142 Å². The average molecular weight is 1180 g/mol. The minimum absolute atomic E-state index is 0.0142. The van der Waals surface area contributed by atoms with Crippen LogP contribution in [0.25, 0.3) is 0 Å². The third-order valence-electron chi connectivity index (χ3n) is 11.2. The predicted octanol–water partition coefficient (Wildman–Crippen LogP) is 4.82. The molecule has 72 heavy (non-hydrogen) atoms. The first-order valence-electron chi connectivity index (χ1n) is 21.4. The molecule has 3 aromatic carbocycles. The molecule has 2 N–H and O–H groups in total. The number of piperidine rings is 1. The standard InChI is InChI=1S/C24H22ClF3N2O5S.C13H13IO8.C4H7FO2.C4H5FO2/c1-36(33,34)14-4-2-3-12(5-14)23(32)30-19-6-13(19)7-20(30)22(31)29-21(24(28)10-35-11-24)15-8-18(27)16(25)9-17(15)26;1-8(15)19-14(20-9(2)16,21-10(3)17)12-7-5-4-6-11(12)13(18)22-14;2*5-4(1-6)2-7-3-4/h2-5,8-9,13,19-21H,6-7,10-11H2,1H3,(H,29,31);4-7H,1-3H3;6H,1-3H2;1H,2-3H2/t13-,19-,20-,21+;;;/m1.../s1. The van der Waals surface area contributed by atoms with Gasteiger partial charge in [0.05, 0.1) is 62.2 Å². The summed E-state index contributed by atoms with van der Waals surface area (Å²) in [4.78, 5) is 84.4. The number of benzene rings is 3. The molecule has 1 saturated carbocycles. The quantitative estimate of drug-likeness (QED) is 0.113. The number of sulfone groups is 1. The molecule has 4 atom stereocenters. The molecule has 19 nitrogen and oxygen atoms in total. The molecule has 0 radical (unpaired) electrons. The Balaban J connectivity index is 0.000000197. The van der Waals surface area contributed by atoms with Crippen molar-refractivity contribution < 1.29 is 95.5 Å². The number of carbonyl (C=O) groups is 7. The number of fused-ring (bicyclic) bond motifs is 2. The number of amides is 2. The Bertz CT molecular complexity index is 2720. The number of nitrogens with one attached hydrogen (secondary N) is 1. The normalized spacial score (nSPS) is 23.4. The predicted molar refractivity (Wildman–Crippen MR) is 245 cm³/mol. The van der Waals surface area contributed by atoms with Crippen molar-refractivity contribution in [2.75, 3.05) is 52.5 Å². The minimum Gasteiger partial charge on any atom is -0.393 e. The van der Waals surface area contributed by atoms with Crippen molar-refractivity contribution in [2.45, 2.75) is 73.6 Å². The number of carbonyl (C=O) groups excluding carboxylic acids is 7. The summed E-state index contributed by atoms with van der Waals surface area (Å²) in [5.74, 6) is -6.79. The number of aldehydes is 1. The molecule has 0 spiro atoms. The van der Waals surface area contributed by atoms with Gasteiger partial charge in [0.25, 0.3) is 5.91 Å². The van der Waals surface area contributed by atoms with Crippen LogP contribution in [0, 0.1) is 21.1 Å². The Labute approximate surface area is 415 Å². The summed E-state index contributed by atoms with van der Waals surface area (Å²) in [7, 11) is -3.56. The van der Waals surface area contributed by atoms with Crippen LogP contribution < -0.4 is 5.32 Å². The summed E-state index contributed by atoms with van der Waals surface area (Å²) < 4.78 is 127. The molecule has 5 aliphatic heterocycles. The van der Waals surface area contributed by atoms with Crippen LogP contribution >= 0.6 is 30.3 Å². The van der Waals surface area contributed by atoms with Crippen LogP contribution in [0.3, 0.4) is 0 Å². The number of halogens is 7. The number of rotatable bonds is 11. The van der Waals surface area contributed by atoms with Gasteiger partial charge in [-0.3, -0.25) is 14.4 Å². The maximum atomic E-state index is 15.5. The van der Waals surface area contributed by atoms with Crippen LogP contribution in [0.5, 0.6) is 0 Å². The summed E-state index contributed by atoms with van der Waals surface area (Å²) in [6.45, 7) is 1.80. The zero-order valence-electron chi connectivity index (χ0n) is 38.5. The first-order chi connectivity index (χ1) is 33.6. The summed E-state index contributed by atoms with van der Waals surface area (Å²) in [5.41, 5.74) is -5.53. The fourth-order valence-corrected chi connectivity index (χ4v) is 16.2. The molecule has 2 amide bonds. The molecule has 0 bridgehead atoms. The van der Waals surface area contributed by atoms with E-state index in [1.807, 2.05) is 0 Å². The van der Waals surface area contributed by atoms with Crippen molar-refractivity contribution >= 4 is 82.1 Å². The van der Waals surface area contributed by atoms with Gasteiger partial charge in [-0.1, -0.05) is 17.7 Å². The number of likely N-dealkylation sites (tertiary alicyclic amines) is 1. The zero-order chi connectivity index (χ0) is 53.2. The van der Waals surface area contributed by atoms with Crippen LogP contribution in [0.1, 0.15) is 65.9 Å². The third kappa shape index (κ3) is 12.0. The van der Waals surface area contributed by atoms with E-state index in [0.717, 1.165) is 33.1 Å². The van der Waals surface area contributed by atoms with Gasteiger partial charge in [-0.25, -0.2) is 30.4 Å². The molecule has 5 fully saturated rings. The molecule has 394 valence electrons. The SMILES string of the molecule is CC(=O)OI1(OC(C)=O)(OC(C)=O)OC(=O)c2ccccc21.CS(=O)(=O)c1cccc(C(=O)N2[C@@H](C(=O)N[C@@H](c3cc(F)c(Cl)cc3F)C3(F)COC3)C[C@H]3C[C@H]32)c1.O=CC1(F)COC1.OCC1(F)COC1. The number of aliphatic hydroxyl groups excluding tert-OH is 1. The second kappa shape index (κ2) is 21.2. The van der Waals surface area contributed by atoms with E-state index in [-0.39, 0.29) is 64.3 Å². The Morgan fingerprint density at radius 1 is 0.861 bits per heavy atom. The Morgan fingerprint density at radius 3 is 1.90 bits per heavy atom. The number of alkyl halides is 3. The van der Waals surface area contributed by atoms with E-state index >= 15 is 4.39 Å². The Morgan fingerprint density at radius 2 is 1.44 bits per heavy atom. The van der Waals surface area contributed by atoms with Crippen molar-refractivity contribution in [3.05, 3.63) is 97.6 Å². The smallest absolute Gasteiger partial charge is 0.254 e. The first kappa shape index (κ1) is 55.9. The van der Waals surface area contributed by atoms with Gasteiger partial charge in [-0.2, -0.15) is 0 Å². The van der Waals surface area contributed by atoms with E-state index in [1.165, 1.54) is 47.4 Å². The molecule has 5 heterocycles. The van der Waals surface area contributed by atoms with Crippen LogP contribution in [-0.2, 0) is 60.3 Å². The monoisotopic (exact) mass is 1180 g/mol. The number of nitrogens with zero attached hydrogens (tertiary/aromatic N) is 1. The van der Waals surface area contributed by atoms with E-state index in [1.54, 1.807) is 6.07 Å². The minimum atomic E-state index is -6.03. The van der Waals surface area contributed by atoms with Gasteiger partial charge in [0, 0.05) is 23.4 Å².